The molecule has 1 aliphatic carbocycles. The minimum Gasteiger partial charge on any atom is -0.481 e. The molecule has 0 heterocycles. The van der Waals surface area contributed by atoms with Gasteiger partial charge in [-0.25, -0.2) is 0 Å². The molecule has 3 atom stereocenters. The Morgan fingerprint density at radius 3 is 1.77 bits per heavy atom. The second kappa shape index (κ2) is 17.5. The molecule has 0 amide bonds. The van der Waals surface area contributed by atoms with Gasteiger partial charge in [0.05, 0.1) is 11.8 Å². The molecule has 0 bridgehead atoms. The van der Waals surface area contributed by atoms with Crippen molar-refractivity contribution >= 4 is 11.9 Å². The van der Waals surface area contributed by atoms with Crippen LogP contribution in [0.25, 0.3) is 0 Å². The van der Waals surface area contributed by atoms with E-state index in [0.717, 1.165) is 44.4 Å². The number of esters is 1. The number of ether oxygens (including phenoxy) is 1. The van der Waals surface area contributed by atoms with Crippen LogP contribution in [0.15, 0.2) is 0 Å². The van der Waals surface area contributed by atoms with Gasteiger partial charge in [-0.05, 0) is 44.4 Å². The molecule has 1 saturated carbocycles. The molecule has 1 aliphatic rings. The number of carbonyl (C=O) groups excluding carboxylic acids is 1. The molecular formula is C27H50O4. The summed E-state index contributed by atoms with van der Waals surface area (Å²) in [4.78, 5) is 24.4. The predicted molar refractivity (Wildman–Crippen MR) is 128 cm³/mol. The number of hydrogen-bond acceptors (Lipinski definition) is 3. The summed E-state index contributed by atoms with van der Waals surface area (Å²) >= 11 is 0. The molecule has 0 spiro atoms. The monoisotopic (exact) mass is 438 g/mol. The van der Waals surface area contributed by atoms with Crippen molar-refractivity contribution in [3.63, 3.8) is 0 Å². The van der Waals surface area contributed by atoms with Crippen molar-refractivity contribution in [2.45, 2.75) is 142 Å². The van der Waals surface area contributed by atoms with Crippen LogP contribution in [0.5, 0.6) is 0 Å². The average molecular weight is 439 g/mol. The van der Waals surface area contributed by atoms with Gasteiger partial charge in [0.15, 0.2) is 0 Å². The van der Waals surface area contributed by atoms with Gasteiger partial charge >= 0.3 is 11.9 Å². The molecule has 0 aromatic rings. The van der Waals surface area contributed by atoms with Crippen molar-refractivity contribution in [2.75, 3.05) is 0 Å². The fourth-order valence-electron chi connectivity index (χ4n) is 4.83. The summed E-state index contributed by atoms with van der Waals surface area (Å²) < 4.78 is 5.93. The molecule has 0 radical (unpaired) electrons. The van der Waals surface area contributed by atoms with Crippen molar-refractivity contribution in [2.24, 2.45) is 17.8 Å². The second-order valence-corrected chi connectivity index (χ2v) is 10.2. The van der Waals surface area contributed by atoms with Crippen LogP contribution in [0.3, 0.4) is 0 Å². The van der Waals surface area contributed by atoms with E-state index < -0.39 is 17.8 Å². The summed E-state index contributed by atoms with van der Waals surface area (Å²) in [7, 11) is 0. The molecule has 4 nitrogen and oxygen atoms in total. The maximum absolute atomic E-state index is 12.8. The van der Waals surface area contributed by atoms with Crippen LogP contribution in [0.1, 0.15) is 136 Å². The van der Waals surface area contributed by atoms with Gasteiger partial charge in [0, 0.05) is 0 Å². The van der Waals surface area contributed by atoms with E-state index in [1.807, 2.05) is 0 Å². The fraction of sp³-hybridized carbons (Fsp3) is 0.926. The maximum atomic E-state index is 12.8. The summed E-state index contributed by atoms with van der Waals surface area (Å²) in [5.74, 6) is -1.28. The van der Waals surface area contributed by atoms with Crippen LogP contribution in [-0.4, -0.2) is 23.1 Å². The highest BCUT2D eigenvalue weighted by Gasteiger charge is 2.37. The molecule has 1 N–H and O–H groups in total. The molecule has 0 saturated heterocycles. The topological polar surface area (TPSA) is 63.6 Å². The number of carboxylic acid groups (broad SMARTS) is 1. The average Bonchev–Trinajstić information content (AvgIpc) is 2.74. The Balaban J connectivity index is 2.36. The Morgan fingerprint density at radius 2 is 1.26 bits per heavy atom. The first-order chi connectivity index (χ1) is 15.0. The lowest BCUT2D eigenvalue weighted by molar-refractivity contribution is -0.164. The highest BCUT2D eigenvalue weighted by Crippen LogP contribution is 2.32. The van der Waals surface area contributed by atoms with Gasteiger partial charge in [-0.2, -0.15) is 0 Å². The van der Waals surface area contributed by atoms with E-state index in [1.54, 1.807) is 0 Å². The first kappa shape index (κ1) is 28.0. The minimum absolute atomic E-state index is 0.0354. The van der Waals surface area contributed by atoms with Crippen molar-refractivity contribution in [1.82, 2.24) is 0 Å². The molecule has 3 unspecified atom stereocenters. The van der Waals surface area contributed by atoms with Crippen LogP contribution in [0.4, 0.5) is 0 Å². The number of aliphatic carboxylic acids is 1. The Bertz CT molecular complexity index is 474. The first-order valence-corrected chi connectivity index (χ1v) is 13.4. The number of unbranched alkanes of at least 4 members (excludes halogenated alkanes) is 9. The quantitative estimate of drug-likeness (QED) is 0.174. The van der Waals surface area contributed by atoms with Gasteiger partial charge in [-0.3, -0.25) is 9.59 Å². The number of hydrogen-bond donors (Lipinski definition) is 1. The zero-order chi connectivity index (χ0) is 22.9. The summed E-state index contributed by atoms with van der Waals surface area (Å²) in [6.45, 7) is 6.79. The highest BCUT2D eigenvalue weighted by molar-refractivity contribution is 5.81. The molecule has 1 fully saturated rings. The van der Waals surface area contributed by atoms with E-state index in [9.17, 15) is 14.7 Å². The predicted octanol–water partition coefficient (Wildman–Crippen LogP) is 7.93. The smallest absolute Gasteiger partial charge is 0.310 e. The van der Waals surface area contributed by atoms with E-state index >= 15 is 0 Å². The van der Waals surface area contributed by atoms with Crippen LogP contribution in [-0.2, 0) is 14.3 Å². The van der Waals surface area contributed by atoms with E-state index in [1.165, 1.54) is 64.2 Å². The highest BCUT2D eigenvalue weighted by atomic mass is 16.5. The van der Waals surface area contributed by atoms with Crippen molar-refractivity contribution < 1.29 is 19.4 Å². The zero-order valence-corrected chi connectivity index (χ0v) is 20.7. The molecule has 1 rings (SSSR count). The SMILES string of the molecule is CCCCCCC(CCCCCCCCCC(C)C)OC(=O)C1CCCCC1C(=O)O. The molecule has 4 heteroatoms. The lowest BCUT2D eigenvalue weighted by atomic mass is 9.79. The van der Waals surface area contributed by atoms with E-state index in [4.69, 9.17) is 4.74 Å². The summed E-state index contributed by atoms with van der Waals surface area (Å²) in [5, 5.41) is 9.49. The molecule has 0 aromatic heterocycles. The third-order valence-corrected chi connectivity index (χ3v) is 6.86. The Hall–Kier alpha value is -1.06. The van der Waals surface area contributed by atoms with E-state index in [0.29, 0.717) is 12.8 Å². The van der Waals surface area contributed by atoms with Crippen molar-refractivity contribution in [1.29, 1.82) is 0 Å². The standard InChI is InChI=1S/C27H50O4/c1-4-5-6-13-18-23(19-14-11-9-7-8-10-12-17-22(2)3)31-27(30)25-21-16-15-20-24(25)26(28)29/h22-25H,4-21H2,1-3H3,(H,28,29). The minimum atomic E-state index is -0.838. The normalized spacial score (nSPS) is 20.0. The summed E-state index contributed by atoms with van der Waals surface area (Å²) in [5.41, 5.74) is 0. The van der Waals surface area contributed by atoms with E-state index in [-0.39, 0.29) is 12.1 Å². The number of carbonyl (C=O) groups is 2. The first-order valence-electron chi connectivity index (χ1n) is 13.4. The second-order valence-electron chi connectivity index (χ2n) is 10.2. The van der Waals surface area contributed by atoms with Gasteiger partial charge in [-0.1, -0.05) is 97.8 Å². The lowest BCUT2D eigenvalue weighted by Crippen LogP contribution is -2.35. The van der Waals surface area contributed by atoms with Crippen molar-refractivity contribution in [3.05, 3.63) is 0 Å². The van der Waals surface area contributed by atoms with Gasteiger partial charge in [-0.15, -0.1) is 0 Å². The fourth-order valence-corrected chi connectivity index (χ4v) is 4.83. The Labute approximate surface area is 191 Å². The molecular weight excluding hydrogens is 388 g/mol. The molecule has 0 aromatic carbocycles. The zero-order valence-electron chi connectivity index (χ0n) is 20.7. The van der Waals surface area contributed by atoms with Gasteiger partial charge < -0.3 is 9.84 Å². The summed E-state index contributed by atoms with van der Waals surface area (Å²) in [6.07, 6.45) is 19.9. The van der Waals surface area contributed by atoms with Crippen LogP contribution < -0.4 is 0 Å². The number of rotatable bonds is 18. The van der Waals surface area contributed by atoms with Gasteiger partial charge in [0.1, 0.15) is 6.10 Å². The molecule has 0 aliphatic heterocycles. The maximum Gasteiger partial charge on any atom is 0.310 e. The van der Waals surface area contributed by atoms with Crippen LogP contribution in [0.2, 0.25) is 0 Å². The lowest BCUT2D eigenvalue weighted by Gasteiger charge is -2.29. The molecule has 31 heavy (non-hydrogen) atoms. The van der Waals surface area contributed by atoms with Gasteiger partial charge in [0.25, 0.3) is 0 Å². The largest absolute Gasteiger partial charge is 0.481 e. The van der Waals surface area contributed by atoms with Gasteiger partial charge in [0.2, 0.25) is 0 Å². The number of carboxylic acids is 1. The molecule has 182 valence electrons. The van der Waals surface area contributed by atoms with Crippen LogP contribution >= 0.6 is 0 Å². The van der Waals surface area contributed by atoms with Crippen LogP contribution in [0, 0.1) is 17.8 Å². The Morgan fingerprint density at radius 1 is 0.774 bits per heavy atom. The van der Waals surface area contributed by atoms with E-state index in [2.05, 4.69) is 20.8 Å². The Kier molecular flexibility index (Phi) is 15.8. The summed E-state index contributed by atoms with van der Waals surface area (Å²) in [6, 6.07) is 0. The third kappa shape index (κ3) is 13.2. The van der Waals surface area contributed by atoms with Crippen molar-refractivity contribution in [3.8, 4) is 0 Å². The third-order valence-electron chi connectivity index (χ3n) is 6.86.